The molecule has 2 atom stereocenters. The third-order valence-corrected chi connectivity index (χ3v) is 4.38. The molecule has 4 heteroatoms. The van der Waals surface area contributed by atoms with Gasteiger partial charge in [0.2, 0.25) is 0 Å². The van der Waals surface area contributed by atoms with Gasteiger partial charge in [-0.15, -0.1) is 0 Å². The van der Waals surface area contributed by atoms with Crippen LogP contribution in [0.5, 0.6) is 5.75 Å². The smallest absolute Gasteiger partial charge is 0.124 e. The Labute approximate surface area is 125 Å². The zero-order chi connectivity index (χ0) is 15.6. The Balaban J connectivity index is 2.18. The van der Waals surface area contributed by atoms with Crippen LogP contribution >= 0.6 is 0 Å². The number of aryl methyl sites for hydroxylation is 1. The largest absolute Gasteiger partial charge is 0.512 e. The average Bonchev–Trinajstić information content (AvgIpc) is 2.46. The summed E-state index contributed by atoms with van der Waals surface area (Å²) in [5.41, 5.74) is 3.12. The van der Waals surface area contributed by atoms with E-state index in [2.05, 4.69) is 0 Å². The van der Waals surface area contributed by atoms with Crippen LogP contribution in [-0.4, -0.2) is 27.0 Å². The zero-order valence-corrected chi connectivity index (χ0v) is 12.6. The third kappa shape index (κ3) is 3.39. The molecular formula is C17H24O4. The van der Waals surface area contributed by atoms with Crippen LogP contribution in [0.15, 0.2) is 23.5 Å². The van der Waals surface area contributed by atoms with Crippen molar-refractivity contribution in [3.63, 3.8) is 0 Å². The molecule has 0 spiro atoms. The molecule has 1 aromatic rings. The Morgan fingerprint density at radius 2 is 1.86 bits per heavy atom. The standard InChI is InChI=1S/C17H24O4/c1-10-3-12(6-14(8-18)16(10)20)5-13-4-11(2)17(21)15(7-13)9-19/h3,6,11,13,18-21H,4-5,7-9H2,1-2H3. The van der Waals surface area contributed by atoms with Gasteiger partial charge in [-0.05, 0) is 54.9 Å². The number of rotatable bonds is 4. The summed E-state index contributed by atoms with van der Waals surface area (Å²) in [4.78, 5) is 0. The number of aliphatic hydroxyl groups is 3. The van der Waals surface area contributed by atoms with Gasteiger partial charge in [0.05, 0.1) is 19.0 Å². The van der Waals surface area contributed by atoms with Crippen molar-refractivity contribution >= 4 is 0 Å². The molecule has 1 aliphatic carbocycles. The predicted octanol–water partition coefficient (Wildman–Crippen LogP) is 2.59. The molecule has 116 valence electrons. The molecular weight excluding hydrogens is 268 g/mol. The van der Waals surface area contributed by atoms with Crippen molar-refractivity contribution in [2.45, 2.75) is 39.7 Å². The monoisotopic (exact) mass is 292 g/mol. The van der Waals surface area contributed by atoms with Crippen LogP contribution in [-0.2, 0) is 13.0 Å². The average molecular weight is 292 g/mol. The summed E-state index contributed by atoms with van der Waals surface area (Å²) in [5, 5.41) is 38.4. The lowest BCUT2D eigenvalue weighted by atomic mass is 9.78. The number of phenols is 1. The second kappa shape index (κ2) is 6.50. The first-order valence-electron chi connectivity index (χ1n) is 7.40. The molecule has 0 radical (unpaired) electrons. The van der Waals surface area contributed by atoms with Crippen LogP contribution in [0.2, 0.25) is 0 Å². The predicted molar refractivity (Wildman–Crippen MR) is 81.1 cm³/mol. The maximum Gasteiger partial charge on any atom is 0.124 e. The zero-order valence-electron chi connectivity index (χ0n) is 12.6. The van der Waals surface area contributed by atoms with Gasteiger partial charge in [-0.2, -0.15) is 0 Å². The summed E-state index contributed by atoms with van der Waals surface area (Å²) in [6.07, 6.45) is 2.39. The minimum absolute atomic E-state index is 0.0708. The van der Waals surface area contributed by atoms with E-state index in [-0.39, 0.29) is 24.9 Å². The fourth-order valence-corrected chi connectivity index (χ4v) is 3.30. The topological polar surface area (TPSA) is 80.9 Å². The van der Waals surface area contributed by atoms with Gasteiger partial charge in [-0.3, -0.25) is 0 Å². The highest BCUT2D eigenvalue weighted by atomic mass is 16.3. The molecule has 2 unspecified atom stereocenters. The van der Waals surface area contributed by atoms with E-state index in [4.69, 9.17) is 0 Å². The van der Waals surface area contributed by atoms with Crippen molar-refractivity contribution in [2.24, 2.45) is 11.8 Å². The third-order valence-electron chi connectivity index (χ3n) is 4.38. The van der Waals surface area contributed by atoms with Gasteiger partial charge in [-0.1, -0.05) is 13.0 Å². The maximum absolute atomic E-state index is 9.94. The molecule has 0 aliphatic heterocycles. The van der Waals surface area contributed by atoms with Crippen LogP contribution in [0.1, 0.15) is 36.5 Å². The summed E-state index contributed by atoms with van der Waals surface area (Å²) in [5.74, 6) is 0.925. The van der Waals surface area contributed by atoms with Crippen LogP contribution in [0, 0.1) is 18.8 Å². The van der Waals surface area contributed by atoms with Crippen molar-refractivity contribution in [3.05, 3.63) is 40.2 Å². The van der Waals surface area contributed by atoms with Gasteiger partial charge in [0.15, 0.2) is 0 Å². The molecule has 4 N–H and O–H groups in total. The molecule has 0 saturated carbocycles. The Morgan fingerprint density at radius 3 is 2.48 bits per heavy atom. The number of hydrogen-bond acceptors (Lipinski definition) is 4. The van der Waals surface area contributed by atoms with Gasteiger partial charge in [0.1, 0.15) is 5.75 Å². The molecule has 2 rings (SSSR count). The SMILES string of the molecule is Cc1cc(CC2CC(CO)=C(O)C(C)C2)cc(CO)c1O. The molecule has 4 nitrogen and oxygen atoms in total. The van der Waals surface area contributed by atoms with Crippen molar-refractivity contribution < 1.29 is 20.4 Å². The lowest BCUT2D eigenvalue weighted by Gasteiger charge is -2.29. The van der Waals surface area contributed by atoms with Crippen LogP contribution in [0.3, 0.4) is 0 Å². The summed E-state index contributed by atoms with van der Waals surface area (Å²) in [7, 11) is 0. The number of hydrogen-bond donors (Lipinski definition) is 4. The van der Waals surface area contributed by atoms with Crippen LogP contribution in [0.25, 0.3) is 0 Å². The molecule has 1 aromatic carbocycles. The summed E-state index contributed by atoms with van der Waals surface area (Å²) >= 11 is 0. The molecule has 0 heterocycles. The summed E-state index contributed by atoms with van der Waals surface area (Å²) in [6, 6.07) is 3.78. The molecule has 0 fully saturated rings. The van der Waals surface area contributed by atoms with Gasteiger partial charge in [0.25, 0.3) is 0 Å². The van der Waals surface area contributed by atoms with E-state index in [1.165, 1.54) is 0 Å². The quantitative estimate of drug-likeness (QED) is 0.687. The molecule has 0 bridgehead atoms. The maximum atomic E-state index is 9.94. The van der Waals surface area contributed by atoms with Crippen molar-refractivity contribution in [1.82, 2.24) is 0 Å². The van der Waals surface area contributed by atoms with E-state index in [1.54, 1.807) is 0 Å². The first kappa shape index (κ1) is 15.9. The van der Waals surface area contributed by atoms with E-state index in [1.807, 2.05) is 26.0 Å². The first-order valence-corrected chi connectivity index (χ1v) is 7.40. The molecule has 0 saturated heterocycles. The van der Waals surface area contributed by atoms with Crippen LogP contribution < -0.4 is 0 Å². The second-order valence-corrected chi connectivity index (χ2v) is 6.14. The van der Waals surface area contributed by atoms with E-state index < -0.39 is 0 Å². The molecule has 0 aromatic heterocycles. The highest BCUT2D eigenvalue weighted by Gasteiger charge is 2.26. The minimum Gasteiger partial charge on any atom is -0.512 e. The fraction of sp³-hybridized carbons (Fsp3) is 0.529. The van der Waals surface area contributed by atoms with Gasteiger partial charge in [-0.25, -0.2) is 0 Å². The van der Waals surface area contributed by atoms with Gasteiger partial charge < -0.3 is 20.4 Å². The summed E-state index contributed by atoms with van der Waals surface area (Å²) in [6.45, 7) is 3.53. The Bertz CT molecular complexity index is 548. The van der Waals surface area contributed by atoms with E-state index in [0.717, 1.165) is 29.5 Å². The Morgan fingerprint density at radius 1 is 1.14 bits per heavy atom. The second-order valence-electron chi connectivity index (χ2n) is 6.14. The lowest BCUT2D eigenvalue weighted by Crippen LogP contribution is -2.21. The Kier molecular flexibility index (Phi) is 4.91. The molecule has 1 aliphatic rings. The van der Waals surface area contributed by atoms with E-state index in [9.17, 15) is 20.4 Å². The van der Waals surface area contributed by atoms with E-state index in [0.29, 0.717) is 23.7 Å². The minimum atomic E-state index is -0.176. The number of aliphatic hydroxyl groups excluding tert-OH is 3. The lowest BCUT2D eigenvalue weighted by molar-refractivity contribution is 0.234. The summed E-state index contributed by atoms with van der Waals surface area (Å²) < 4.78 is 0. The number of allylic oxidation sites excluding steroid dienone is 1. The molecule has 21 heavy (non-hydrogen) atoms. The van der Waals surface area contributed by atoms with Crippen LogP contribution in [0.4, 0.5) is 0 Å². The highest BCUT2D eigenvalue weighted by Crippen LogP contribution is 2.35. The fourth-order valence-electron chi connectivity index (χ4n) is 3.30. The Hall–Kier alpha value is -1.52. The highest BCUT2D eigenvalue weighted by molar-refractivity contribution is 5.42. The van der Waals surface area contributed by atoms with E-state index >= 15 is 0 Å². The number of aromatic hydroxyl groups is 1. The van der Waals surface area contributed by atoms with Gasteiger partial charge >= 0.3 is 0 Å². The van der Waals surface area contributed by atoms with Crippen molar-refractivity contribution in [2.75, 3.05) is 6.61 Å². The normalized spacial score (nSPS) is 22.7. The first-order chi connectivity index (χ1) is 9.96. The molecule has 0 amide bonds. The van der Waals surface area contributed by atoms with Crippen molar-refractivity contribution in [1.29, 1.82) is 0 Å². The number of benzene rings is 1. The van der Waals surface area contributed by atoms with Gasteiger partial charge in [0, 0.05) is 11.5 Å². The van der Waals surface area contributed by atoms with Crippen molar-refractivity contribution in [3.8, 4) is 5.75 Å².